The number of likely N-dealkylation sites (tertiary alicyclic amines) is 1. The zero-order chi connectivity index (χ0) is 16.3. The van der Waals surface area contributed by atoms with E-state index in [0.29, 0.717) is 11.7 Å². The average molecular weight is 319 g/mol. The van der Waals surface area contributed by atoms with Gasteiger partial charge < -0.3 is 10.2 Å². The summed E-state index contributed by atoms with van der Waals surface area (Å²) in [6.45, 7) is 8.24. The fourth-order valence-corrected chi connectivity index (χ4v) is 4.08. The molecule has 0 spiro atoms. The summed E-state index contributed by atoms with van der Waals surface area (Å²) in [5.41, 5.74) is 0.762. The molecule has 0 bridgehead atoms. The number of nitrogens with one attached hydrogen (secondary N) is 1. The van der Waals surface area contributed by atoms with Crippen LogP contribution in [0.4, 0.5) is 0 Å². The molecule has 1 atom stereocenters. The molecule has 1 N–H and O–H groups in total. The van der Waals surface area contributed by atoms with Crippen LogP contribution >= 0.6 is 0 Å². The summed E-state index contributed by atoms with van der Waals surface area (Å²) in [6.07, 6.45) is 8.61. The first-order chi connectivity index (χ1) is 11.1. The van der Waals surface area contributed by atoms with Gasteiger partial charge in [-0.1, -0.05) is 25.5 Å². The smallest absolute Gasteiger partial charge is 0.276 e. The van der Waals surface area contributed by atoms with Gasteiger partial charge >= 0.3 is 0 Å². The molecule has 128 valence electrons. The highest BCUT2D eigenvalue weighted by molar-refractivity contribution is 5.92. The van der Waals surface area contributed by atoms with Crippen molar-refractivity contribution in [2.24, 2.45) is 5.41 Å². The van der Waals surface area contributed by atoms with Gasteiger partial charge in [0.15, 0.2) is 5.69 Å². The molecular weight excluding hydrogens is 290 g/mol. The van der Waals surface area contributed by atoms with Gasteiger partial charge in [0.25, 0.3) is 5.91 Å². The second-order valence-corrected chi connectivity index (χ2v) is 7.46. The van der Waals surface area contributed by atoms with Gasteiger partial charge in [-0.3, -0.25) is 4.79 Å². The van der Waals surface area contributed by atoms with E-state index in [4.69, 9.17) is 0 Å². The molecule has 2 aliphatic rings. The lowest BCUT2D eigenvalue weighted by molar-refractivity contribution is 0.0524. The maximum Gasteiger partial charge on any atom is 0.276 e. The molecule has 2 saturated heterocycles. The van der Waals surface area contributed by atoms with Crippen molar-refractivity contribution < 1.29 is 4.79 Å². The molecule has 1 aromatic rings. The molecule has 1 amide bonds. The summed E-state index contributed by atoms with van der Waals surface area (Å²) < 4.78 is 1.89. The van der Waals surface area contributed by atoms with Gasteiger partial charge in [-0.15, -0.1) is 5.10 Å². The second kappa shape index (κ2) is 6.99. The van der Waals surface area contributed by atoms with E-state index in [1.165, 1.54) is 19.3 Å². The summed E-state index contributed by atoms with van der Waals surface area (Å²) in [5, 5.41) is 11.7. The van der Waals surface area contributed by atoms with Crippen LogP contribution in [0.2, 0.25) is 0 Å². The number of amides is 1. The van der Waals surface area contributed by atoms with Crippen molar-refractivity contribution in [1.82, 2.24) is 25.2 Å². The van der Waals surface area contributed by atoms with Gasteiger partial charge in [-0.25, -0.2) is 4.68 Å². The Hall–Kier alpha value is -1.43. The number of aromatic nitrogens is 3. The van der Waals surface area contributed by atoms with Crippen LogP contribution in [-0.2, 0) is 0 Å². The first kappa shape index (κ1) is 16.4. The summed E-state index contributed by atoms with van der Waals surface area (Å²) in [7, 11) is 0. The minimum absolute atomic E-state index is 0.0483. The van der Waals surface area contributed by atoms with Gasteiger partial charge in [0.05, 0.1) is 12.2 Å². The Balaban J connectivity index is 1.67. The third-order valence-corrected chi connectivity index (χ3v) is 5.33. The summed E-state index contributed by atoms with van der Waals surface area (Å²) >= 11 is 0. The van der Waals surface area contributed by atoms with E-state index in [1.807, 2.05) is 15.8 Å². The second-order valence-electron chi connectivity index (χ2n) is 7.46. The molecular formula is C17H29N5O. The SMILES string of the molecule is CCCC1(C)CCCN(C(=O)c2cn(C3CCNCC3)nn2)C1. The number of carbonyl (C=O) groups excluding carboxylic acids is 1. The van der Waals surface area contributed by atoms with Crippen LogP contribution in [0.5, 0.6) is 0 Å². The Morgan fingerprint density at radius 1 is 1.43 bits per heavy atom. The highest BCUT2D eigenvalue weighted by Gasteiger charge is 2.33. The number of carbonyl (C=O) groups is 1. The maximum atomic E-state index is 12.8. The van der Waals surface area contributed by atoms with Crippen molar-refractivity contribution in [3.8, 4) is 0 Å². The van der Waals surface area contributed by atoms with Gasteiger partial charge in [-0.2, -0.15) is 0 Å². The molecule has 23 heavy (non-hydrogen) atoms. The van der Waals surface area contributed by atoms with Crippen molar-refractivity contribution >= 4 is 5.91 Å². The maximum absolute atomic E-state index is 12.8. The number of hydrogen-bond donors (Lipinski definition) is 1. The highest BCUT2D eigenvalue weighted by atomic mass is 16.2. The molecule has 6 heteroatoms. The third-order valence-electron chi connectivity index (χ3n) is 5.33. The average Bonchev–Trinajstić information content (AvgIpc) is 3.05. The molecule has 0 saturated carbocycles. The molecule has 6 nitrogen and oxygen atoms in total. The topological polar surface area (TPSA) is 63.1 Å². The molecule has 3 rings (SSSR count). The lowest BCUT2D eigenvalue weighted by Crippen LogP contribution is -2.45. The Morgan fingerprint density at radius 2 is 2.22 bits per heavy atom. The first-order valence-corrected chi connectivity index (χ1v) is 9.03. The molecule has 3 heterocycles. The minimum Gasteiger partial charge on any atom is -0.337 e. The van der Waals surface area contributed by atoms with Crippen LogP contribution in [0.1, 0.15) is 68.9 Å². The number of piperidine rings is 2. The summed E-state index contributed by atoms with van der Waals surface area (Å²) in [6, 6.07) is 0.372. The van der Waals surface area contributed by atoms with Crippen molar-refractivity contribution in [2.75, 3.05) is 26.2 Å². The van der Waals surface area contributed by atoms with E-state index in [-0.39, 0.29) is 11.3 Å². The van der Waals surface area contributed by atoms with E-state index in [9.17, 15) is 4.79 Å². The first-order valence-electron chi connectivity index (χ1n) is 9.03. The van der Waals surface area contributed by atoms with E-state index in [1.54, 1.807) is 0 Å². The fourth-order valence-electron chi connectivity index (χ4n) is 4.08. The zero-order valence-corrected chi connectivity index (χ0v) is 14.4. The Morgan fingerprint density at radius 3 is 2.96 bits per heavy atom. The Labute approximate surface area is 138 Å². The lowest BCUT2D eigenvalue weighted by atomic mass is 9.78. The Kier molecular flexibility index (Phi) is 4.99. The van der Waals surface area contributed by atoms with E-state index >= 15 is 0 Å². The predicted molar refractivity (Wildman–Crippen MR) is 89.3 cm³/mol. The van der Waals surface area contributed by atoms with Crippen LogP contribution in [0.25, 0.3) is 0 Å². The van der Waals surface area contributed by atoms with E-state index in [2.05, 4.69) is 29.5 Å². The van der Waals surface area contributed by atoms with Crippen molar-refractivity contribution in [3.05, 3.63) is 11.9 Å². The Bertz CT molecular complexity index is 533. The van der Waals surface area contributed by atoms with Crippen LogP contribution in [-0.4, -0.2) is 52.0 Å². The summed E-state index contributed by atoms with van der Waals surface area (Å²) in [4.78, 5) is 14.8. The van der Waals surface area contributed by atoms with Crippen molar-refractivity contribution in [1.29, 1.82) is 0 Å². The molecule has 0 aliphatic carbocycles. The van der Waals surface area contributed by atoms with E-state index in [0.717, 1.165) is 45.4 Å². The van der Waals surface area contributed by atoms with Gasteiger partial charge in [0, 0.05) is 13.1 Å². The van der Waals surface area contributed by atoms with Gasteiger partial charge in [-0.05, 0) is 50.6 Å². The monoisotopic (exact) mass is 319 g/mol. The molecule has 2 aliphatic heterocycles. The largest absolute Gasteiger partial charge is 0.337 e. The number of rotatable bonds is 4. The van der Waals surface area contributed by atoms with Crippen LogP contribution in [0.3, 0.4) is 0 Å². The molecule has 1 aromatic heterocycles. The third kappa shape index (κ3) is 3.74. The normalized spacial score (nSPS) is 26.4. The van der Waals surface area contributed by atoms with Crippen molar-refractivity contribution in [3.63, 3.8) is 0 Å². The minimum atomic E-state index is 0.0483. The standard InChI is InChI=1S/C17H29N5O/c1-3-7-17(2)8-4-11-21(13-17)16(23)15-12-22(20-19-15)14-5-9-18-10-6-14/h12,14,18H,3-11,13H2,1-2H3. The predicted octanol–water partition coefficient (Wildman–Crippen LogP) is 2.25. The van der Waals surface area contributed by atoms with Crippen LogP contribution in [0.15, 0.2) is 6.20 Å². The fraction of sp³-hybridized carbons (Fsp3) is 0.824. The van der Waals surface area contributed by atoms with Crippen LogP contribution in [0, 0.1) is 5.41 Å². The molecule has 1 unspecified atom stereocenters. The van der Waals surface area contributed by atoms with Gasteiger partial charge in [0.2, 0.25) is 0 Å². The molecule has 0 aromatic carbocycles. The summed E-state index contributed by atoms with van der Waals surface area (Å²) in [5.74, 6) is 0.0483. The van der Waals surface area contributed by atoms with Crippen molar-refractivity contribution in [2.45, 2.75) is 58.4 Å². The molecule has 2 fully saturated rings. The highest BCUT2D eigenvalue weighted by Crippen LogP contribution is 2.34. The van der Waals surface area contributed by atoms with E-state index < -0.39 is 0 Å². The number of hydrogen-bond acceptors (Lipinski definition) is 4. The quantitative estimate of drug-likeness (QED) is 0.924. The van der Waals surface area contributed by atoms with Crippen LogP contribution < -0.4 is 5.32 Å². The van der Waals surface area contributed by atoms with Gasteiger partial charge in [0.1, 0.15) is 0 Å². The lowest BCUT2D eigenvalue weighted by Gasteiger charge is -2.40. The zero-order valence-electron chi connectivity index (χ0n) is 14.4. The molecule has 0 radical (unpaired) electrons. The number of nitrogens with zero attached hydrogens (tertiary/aromatic N) is 4.